The molecule has 0 unspecified atom stereocenters. The average molecular weight is 190 g/mol. The Morgan fingerprint density at radius 2 is 2.15 bits per heavy atom. The van der Waals surface area contributed by atoms with E-state index >= 15 is 0 Å². The number of aryl methyl sites for hydroxylation is 2. The van der Waals surface area contributed by atoms with E-state index in [1.165, 1.54) is 14.0 Å². The minimum Gasteiger partial charge on any atom is -0.477 e. The van der Waals surface area contributed by atoms with Crippen LogP contribution >= 0.6 is 0 Å². The predicted octanol–water partition coefficient (Wildman–Crippen LogP) is 1.36. The van der Waals surface area contributed by atoms with Crippen LogP contribution in [0.2, 0.25) is 0 Å². The smallest absolute Gasteiger partial charge is 0.354 e. The molecule has 0 aliphatic carbocycles. The second-order valence-electron chi connectivity index (χ2n) is 2.58. The second kappa shape index (κ2) is 3.12. The maximum Gasteiger partial charge on any atom is 0.354 e. The van der Waals surface area contributed by atoms with Gasteiger partial charge in [-0.2, -0.15) is 5.10 Å². The van der Waals surface area contributed by atoms with Crippen molar-refractivity contribution in [1.29, 1.82) is 0 Å². The molecule has 0 fully saturated rings. The van der Waals surface area contributed by atoms with Crippen molar-refractivity contribution in [2.24, 2.45) is 7.05 Å². The van der Waals surface area contributed by atoms with Crippen molar-refractivity contribution in [1.82, 2.24) is 9.78 Å². The molecule has 1 heterocycles. The third-order valence-electron chi connectivity index (χ3n) is 1.69. The van der Waals surface area contributed by atoms with Gasteiger partial charge in [0.1, 0.15) is 0 Å². The first kappa shape index (κ1) is 9.63. The van der Waals surface area contributed by atoms with Crippen LogP contribution in [0, 0.1) is 6.92 Å². The van der Waals surface area contributed by atoms with Gasteiger partial charge >= 0.3 is 5.97 Å². The quantitative estimate of drug-likeness (QED) is 0.766. The van der Waals surface area contributed by atoms with Gasteiger partial charge in [-0.05, 0) is 6.92 Å². The van der Waals surface area contributed by atoms with E-state index in [1.807, 2.05) is 0 Å². The summed E-state index contributed by atoms with van der Waals surface area (Å²) in [6.07, 6.45) is -2.81. The summed E-state index contributed by atoms with van der Waals surface area (Å²) < 4.78 is 25.6. The molecule has 0 bridgehead atoms. The van der Waals surface area contributed by atoms with Crippen LogP contribution in [0.1, 0.15) is 28.2 Å². The molecule has 72 valence electrons. The lowest BCUT2D eigenvalue weighted by molar-refractivity contribution is 0.0672. The van der Waals surface area contributed by atoms with Crippen molar-refractivity contribution in [3.05, 3.63) is 17.0 Å². The number of carboxylic acid groups (broad SMARTS) is 1. The standard InChI is InChI=1S/C7H8F2N2O2/c1-3-4(6(8)9)5(7(12)13)11(2)10-3/h6H,1-2H3,(H,12,13). The fourth-order valence-electron chi connectivity index (χ4n) is 1.19. The molecule has 0 atom stereocenters. The number of rotatable bonds is 2. The molecule has 0 aliphatic heterocycles. The highest BCUT2D eigenvalue weighted by Crippen LogP contribution is 2.25. The number of hydrogen-bond acceptors (Lipinski definition) is 2. The second-order valence-corrected chi connectivity index (χ2v) is 2.58. The summed E-state index contributed by atoms with van der Waals surface area (Å²) in [4.78, 5) is 10.6. The maximum atomic E-state index is 12.3. The van der Waals surface area contributed by atoms with Gasteiger partial charge in [0, 0.05) is 7.05 Å². The van der Waals surface area contributed by atoms with Crippen molar-refractivity contribution >= 4 is 5.97 Å². The Morgan fingerprint density at radius 1 is 1.62 bits per heavy atom. The van der Waals surface area contributed by atoms with Gasteiger partial charge < -0.3 is 5.11 Å². The molecule has 4 nitrogen and oxygen atoms in total. The third kappa shape index (κ3) is 1.51. The van der Waals surface area contributed by atoms with Gasteiger partial charge in [0.2, 0.25) is 0 Å². The molecule has 6 heteroatoms. The SMILES string of the molecule is Cc1nn(C)c(C(=O)O)c1C(F)F. The number of nitrogens with zero attached hydrogens (tertiary/aromatic N) is 2. The van der Waals surface area contributed by atoms with Crippen LogP contribution in [0.4, 0.5) is 8.78 Å². The highest BCUT2D eigenvalue weighted by Gasteiger charge is 2.25. The van der Waals surface area contributed by atoms with Gasteiger partial charge in [0.05, 0.1) is 11.3 Å². The van der Waals surface area contributed by atoms with Crippen molar-refractivity contribution in [3.8, 4) is 0 Å². The summed E-state index contributed by atoms with van der Waals surface area (Å²) in [5.74, 6) is -1.39. The van der Waals surface area contributed by atoms with E-state index in [0.717, 1.165) is 4.68 Å². The van der Waals surface area contributed by atoms with Crippen LogP contribution in [0.25, 0.3) is 0 Å². The van der Waals surface area contributed by atoms with Gasteiger partial charge in [-0.1, -0.05) is 0 Å². The summed E-state index contributed by atoms with van der Waals surface area (Å²) in [6, 6.07) is 0. The monoisotopic (exact) mass is 190 g/mol. The zero-order valence-corrected chi connectivity index (χ0v) is 7.08. The average Bonchev–Trinajstić information content (AvgIpc) is 2.24. The zero-order valence-electron chi connectivity index (χ0n) is 7.08. The molecule has 1 aromatic heterocycles. The number of alkyl halides is 2. The van der Waals surface area contributed by atoms with E-state index < -0.39 is 23.7 Å². The summed E-state index contributed by atoms with van der Waals surface area (Å²) >= 11 is 0. The fraction of sp³-hybridized carbons (Fsp3) is 0.429. The van der Waals surface area contributed by atoms with Gasteiger partial charge in [-0.3, -0.25) is 4.68 Å². The Hall–Kier alpha value is -1.46. The molecule has 1 N–H and O–H groups in total. The zero-order chi connectivity index (χ0) is 10.2. The largest absolute Gasteiger partial charge is 0.477 e. The highest BCUT2D eigenvalue weighted by molar-refractivity contribution is 5.87. The molecular weight excluding hydrogens is 182 g/mol. The first-order valence-corrected chi connectivity index (χ1v) is 3.50. The number of hydrogen-bond donors (Lipinski definition) is 1. The van der Waals surface area contributed by atoms with Crippen LogP contribution < -0.4 is 0 Å². The molecule has 0 saturated heterocycles. The highest BCUT2D eigenvalue weighted by atomic mass is 19.3. The number of halogens is 2. The Balaban J connectivity index is 3.38. The third-order valence-corrected chi connectivity index (χ3v) is 1.69. The van der Waals surface area contributed by atoms with Crippen LogP contribution in [0.3, 0.4) is 0 Å². The van der Waals surface area contributed by atoms with Crippen LogP contribution in [0.15, 0.2) is 0 Å². The van der Waals surface area contributed by atoms with E-state index in [1.54, 1.807) is 0 Å². The topological polar surface area (TPSA) is 55.1 Å². The van der Waals surface area contributed by atoms with E-state index in [4.69, 9.17) is 5.11 Å². The first-order chi connectivity index (χ1) is 5.95. The Bertz CT molecular complexity index is 347. The number of aromatic carboxylic acids is 1. The van der Waals surface area contributed by atoms with E-state index in [2.05, 4.69) is 5.10 Å². The van der Waals surface area contributed by atoms with E-state index in [-0.39, 0.29) is 5.69 Å². The van der Waals surface area contributed by atoms with Crippen molar-refractivity contribution in [3.63, 3.8) is 0 Å². The van der Waals surface area contributed by atoms with E-state index in [9.17, 15) is 13.6 Å². The van der Waals surface area contributed by atoms with Gasteiger partial charge in [-0.25, -0.2) is 13.6 Å². The Kier molecular flexibility index (Phi) is 2.31. The lowest BCUT2D eigenvalue weighted by atomic mass is 10.2. The van der Waals surface area contributed by atoms with Crippen molar-refractivity contribution in [2.75, 3.05) is 0 Å². The van der Waals surface area contributed by atoms with E-state index in [0.29, 0.717) is 0 Å². The lowest BCUT2D eigenvalue weighted by Crippen LogP contribution is -2.08. The normalized spacial score (nSPS) is 10.8. The molecule has 1 rings (SSSR count). The van der Waals surface area contributed by atoms with Crippen molar-refractivity contribution in [2.45, 2.75) is 13.3 Å². The molecule has 13 heavy (non-hydrogen) atoms. The lowest BCUT2D eigenvalue weighted by Gasteiger charge is -1.99. The van der Waals surface area contributed by atoms with Crippen LogP contribution in [-0.2, 0) is 7.05 Å². The first-order valence-electron chi connectivity index (χ1n) is 3.50. The Morgan fingerprint density at radius 3 is 2.46 bits per heavy atom. The molecule has 0 saturated carbocycles. The fourth-order valence-corrected chi connectivity index (χ4v) is 1.19. The van der Waals surface area contributed by atoms with Crippen LogP contribution in [-0.4, -0.2) is 20.9 Å². The molecule has 0 aromatic carbocycles. The molecule has 1 aromatic rings. The van der Waals surface area contributed by atoms with Gasteiger partial charge in [0.25, 0.3) is 6.43 Å². The summed E-state index contributed by atoms with van der Waals surface area (Å²) in [6.45, 7) is 1.36. The Labute approximate surface area is 72.8 Å². The molecule has 0 radical (unpaired) electrons. The van der Waals surface area contributed by atoms with Crippen molar-refractivity contribution < 1.29 is 18.7 Å². The molecule has 0 aliphatic rings. The molecule has 0 amide bonds. The summed E-state index contributed by atoms with van der Waals surface area (Å²) in [7, 11) is 1.32. The maximum absolute atomic E-state index is 12.3. The summed E-state index contributed by atoms with van der Waals surface area (Å²) in [5.41, 5.74) is -0.905. The number of carbonyl (C=O) groups is 1. The summed E-state index contributed by atoms with van der Waals surface area (Å²) in [5, 5.41) is 12.2. The minimum atomic E-state index is -2.81. The number of carboxylic acids is 1. The molecule has 0 spiro atoms. The predicted molar refractivity (Wildman–Crippen MR) is 39.9 cm³/mol. The van der Waals surface area contributed by atoms with Gasteiger partial charge in [0.15, 0.2) is 5.69 Å². The van der Waals surface area contributed by atoms with Crippen LogP contribution in [0.5, 0.6) is 0 Å². The number of aromatic nitrogens is 2. The van der Waals surface area contributed by atoms with Gasteiger partial charge in [-0.15, -0.1) is 0 Å². The molecular formula is C7H8F2N2O2. The minimum absolute atomic E-state index is 0.0508.